The molecule has 0 N–H and O–H groups in total. The Hall–Kier alpha value is -2.80. The van der Waals surface area contributed by atoms with Gasteiger partial charge in [0.05, 0.1) is 19.6 Å². The molecule has 0 aromatic heterocycles. The Labute approximate surface area is 129 Å². The van der Waals surface area contributed by atoms with E-state index in [0.717, 1.165) is 28.0 Å². The number of methoxy groups -OCH3 is 1. The van der Waals surface area contributed by atoms with Gasteiger partial charge in [0.1, 0.15) is 5.75 Å². The van der Waals surface area contributed by atoms with E-state index < -0.39 is 0 Å². The third-order valence-corrected chi connectivity index (χ3v) is 3.87. The lowest BCUT2D eigenvalue weighted by atomic mass is 10.0. The second kappa shape index (κ2) is 5.90. The standard InChI is InChI=1S/C18H16N2O2/c1-22-16-6-3-14(4-7-16)11-20-12-15-5-2-13(8-9-19)10-17(15)18(20)21/h2-7,10H,8,11-12H2,1H3. The van der Waals surface area contributed by atoms with Crippen molar-refractivity contribution in [2.45, 2.75) is 19.5 Å². The topological polar surface area (TPSA) is 53.3 Å². The van der Waals surface area contributed by atoms with E-state index in [9.17, 15) is 4.79 Å². The number of hydrogen-bond donors (Lipinski definition) is 0. The maximum absolute atomic E-state index is 12.5. The molecule has 0 aliphatic carbocycles. The van der Waals surface area contributed by atoms with E-state index in [4.69, 9.17) is 10.00 Å². The van der Waals surface area contributed by atoms with Crippen LogP contribution in [0, 0.1) is 11.3 Å². The monoisotopic (exact) mass is 292 g/mol. The van der Waals surface area contributed by atoms with Crippen molar-refractivity contribution in [2.75, 3.05) is 7.11 Å². The van der Waals surface area contributed by atoms with Crippen LogP contribution in [0.1, 0.15) is 27.0 Å². The molecule has 3 rings (SSSR count). The summed E-state index contributed by atoms with van der Waals surface area (Å²) in [4.78, 5) is 14.3. The SMILES string of the molecule is COc1ccc(CN2Cc3ccc(CC#N)cc3C2=O)cc1. The van der Waals surface area contributed by atoms with Gasteiger partial charge in [0.15, 0.2) is 0 Å². The quantitative estimate of drug-likeness (QED) is 0.870. The minimum Gasteiger partial charge on any atom is -0.497 e. The lowest BCUT2D eigenvalue weighted by Crippen LogP contribution is -2.23. The van der Waals surface area contributed by atoms with Gasteiger partial charge in [-0.25, -0.2) is 0 Å². The van der Waals surface area contributed by atoms with Crippen LogP contribution in [0.25, 0.3) is 0 Å². The molecule has 0 fully saturated rings. The molecule has 0 unspecified atom stereocenters. The molecule has 0 bridgehead atoms. The van der Waals surface area contributed by atoms with Gasteiger partial charge < -0.3 is 9.64 Å². The second-order valence-electron chi connectivity index (χ2n) is 5.34. The van der Waals surface area contributed by atoms with Crippen LogP contribution < -0.4 is 4.74 Å². The van der Waals surface area contributed by atoms with Gasteiger partial charge in [0.2, 0.25) is 0 Å². The average molecular weight is 292 g/mol. The van der Waals surface area contributed by atoms with Gasteiger partial charge in [-0.05, 0) is 34.9 Å². The number of fused-ring (bicyclic) bond motifs is 1. The van der Waals surface area contributed by atoms with Crippen LogP contribution in [-0.4, -0.2) is 17.9 Å². The van der Waals surface area contributed by atoms with E-state index in [1.807, 2.05) is 47.4 Å². The maximum Gasteiger partial charge on any atom is 0.254 e. The van der Waals surface area contributed by atoms with Crippen molar-refractivity contribution in [1.82, 2.24) is 4.90 Å². The summed E-state index contributed by atoms with van der Waals surface area (Å²) in [5.41, 5.74) is 3.71. The number of carbonyl (C=O) groups excluding carboxylic acids is 1. The molecule has 1 aliphatic rings. The van der Waals surface area contributed by atoms with Crippen molar-refractivity contribution in [2.24, 2.45) is 0 Å². The van der Waals surface area contributed by atoms with Gasteiger partial charge in [-0.3, -0.25) is 4.79 Å². The van der Waals surface area contributed by atoms with Crippen molar-refractivity contribution in [3.05, 3.63) is 64.7 Å². The molecule has 0 saturated carbocycles. The molecule has 0 spiro atoms. The smallest absolute Gasteiger partial charge is 0.254 e. The summed E-state index contributed by atoms with van der Waals surface area (Å²) in [6, 6.07) is 15.6. The number of amides is 1. The summed E-state index contributed by atoms with van der Waals surface area (Å²) < 4.78 is 5.14. The van der Waals surface area contributed by atoms with Gasteiger partial charge in [-0.2, -0.15) is 5.26 Å². The number of benzene rings is 2. The number of ether oxygens (including phenoxy) is 1. The molecule has 1 amide bonds. The van der Waals surface area contributed by atoms with Crippen LogP contribution in [0.5, 0.6) is 5.75 Å². The van der Waals surface area contributed by atoms with Crippen LogP contribution in [0.15, 0.2) is 42.5 Å². The minimum absolute atomic E-state index is 0.0330. The van der Waals surface area contributed by atoms with Crippen molar-refractivity contribution in [1.29, 1.82) is 5.26 Å². The highest BCUT2D eigenvalue weighted by molar-refractivity contribution is 5.98. The molecule has 22 heavy (non-hydrogen) atoms. The fraction of sp³-hybridized carbons (Fsp3) is 0.222. The highest BCUT2D eigenvalue weighted by Crippen LogP contribution is 2.26. The van der Waals surface area contributed by atoms with Gasteiger partial charge in [0, 0.05) is 18.7 Å². The Morgan fingerprint density at radius 3 is 2.59 bits per heavy atom. The van der Waals surface area contributed by atoms with Crippen molar-refractivity contribution in [3.8, 4) is 11.8 Å². The molecular weight excluding hydrogens is 276 g/mol. The Kier molecular flexibility index (Phi) is 3.80. The highest BCUT2D eigenvalue weighted by atomic mass is 16.5. The molecule has 4 nitrogen and oxygen atoms in total. The molecule has 1 aliphatic heterocycles. The fourth-order valence-corrected chi connectivity index (χ4v) is 2.69. The van der Waals surface area contributed by atoms with Crippen molar-refractivity contribution in [3.63, 3.8) is 0 Å². The maximum atomic E-state index is 12.5. The summed E-state index contributed by atoms with van der Waals surface area (Å²) in [5.74, 6) is 0.839. The zero-order valence-electron chi connectivity index (χ0n) is 12.4. The number of rotatable bonds is 4. The van der Waals surface area contributed by atoms with E-state index in [1.54, 1.807) is 7.11 Å². The molecule has 110 valence electrons. The summed E-state index contributed by atoms with van der Waals surface area (Å²) in [6.07, 6.45) is 0.332. The molecule has 0 saturated heterocycles. The molecule has 0 atom stereocenters. The van der Waals surface area contributed by atoms with Crippen LogP contribution in [0.3, 0.4) is 0 Å². The molecule has 1 heterocycles. The number of hydrogen-bond acceptors (Lipinski definition) is 3. The van der Waals surface area contributed by atoms with E-state index in [0.29, 0.717) is 19.5 Å². The zero-order valence-corrected chi connectivity index (χ0v) is 12.4. The van der Waals surface area contributed by atoms with E-state index in [1.165, 1.54) is 0 Å². The Bertz CT molecular complexity index is 745. The average Bonchev–Trinajstić information content (AvgIpc) is 2.85. The first-order valence-electron chi connectivity index (χ1n) is 7.12. The van der Waals surface area contributed by atoms with Crippen molar-refractivity contribution >= 4 is 5.91 Å². The summed E-state index contributed by atoms with van der Waals surface area (Å²) in [6.45, 7) is 1.19. The second-order valence-corrected chi connectivity index (χ2v) is 5.34. The molecule has 2 aromatic rings. The van der Waals surface area contributed by atoms with Crippen LogP contribution in [0.4, 0.5) is 0 Å². The predicted octanol–water partition coefficient (Wildman–Crippen LogP) is 2.92. The van der Waals surface area contributed by atoms with Crippen LogP contribution in [-0.2, 0) is 19.5 Å². The predicted molar refractivity (Wildman–Crippen MR) is 82.3 cm³/mol. The largest absolute Gasteiger partial charge is 0.497 e. The zero-order chi connectivity index (χ0) is 15.5. The van der Waals surface area contributed by atoms with Gasteiger partial charge in [-0.15, -0.1) is 0 Å². The van der Waals surface area contributed by atoms with E-state index in [-0.39, 0.29) is 5.91 Å². The lowest BCUT2D eigenvalue weighted by molar-refractivity contribution is 0.0766. The first-order chi connectivity index (χ1) is 10.7. The normalized spacial score (nSPS) is 12.9. The van der Waals surface area contributed by atoms with Gasteiger partial charge >= 0.3 is 0 Å². The summed E-state index contributed by atoms with van der Waals surface area (Å²) >= 11 is 0. The Morgan fingerprint density at radius 2 is 1.91 bits per heavy atom. The molecular formula is C18H16N2O2. The van der Waals surface area contributed by atoms with Crippen LogP contribution in [0.2, 0.25) is 0 Å². The summed E-state index contributed by atoms with van der Waals surface area (Å²) in [5, 5.41) is 8.77. The third kappa shape index (κ3) is 2.66. The van der Waals surface area contributed by atoms with Crippen LogP contribution >= 0.6 is 0 Å². The lowest BCUT2D eigenvalue weighted by Gasteiger charge is -2.15. The number of nitrogens with zero attached hydrogens (tertiary/aromatic N) is 2. The first kappa shape index (κ1) is 14.2. The highest BCUT2D eigenvalue weighted by Gasteiger charge is 2.27. The first-order valence-corrected chi connectivity index (χ1v) is 7.12. The van der Waals surface area contributed by atoms with E-state index in [2.05, 4.69) is 6.07 Å². The van der Waals surface area contributed by atoms with E-state index >= 15 is 0 Å². The molecule has 4 heteroatoms. The summed E-state index contributed by atoms with van der Waals surface area (Å²) in [7, 11) is 1.63. The Morgan fingerprint density at radius 1 is 1.18 bits per heavy atom. The third-order valence-electron chi connectivity index (χ3n) is 3.87. The number of carbonyl (C=O) groups is 1. The fourth-order valence-electron chi connectivity index (χ4n) is 2.69. The molecule has 2 aromatic carbocycles. The van der Waals surface area contributed by atoms with Gasteiger partial charge in [0.25, 0.3) is 5.91 Å². The Balaban J connectivity index is 1.77. The van der Waals surface area contributed by atoms with Crippen molar-refractivity contribution < 1.29 is 9.53 Å². The molecule has 0 radical (unpaired) electrons. The van der Waals surface area contributed by atoms with Gasteiger partial charge in [-0.1, -0.05) is 24.3 Å². The minimum atomic E-state index is 0.0330. The number of nitriles is 1.